The molecule has 17 heavy (non-hydrogen) atoms. The number of aliphatic hydroxyl groups is 1. The van der Waals surface area contributed by atoms with Crippen LogP contribution in [0.2, 0.25) is 0 Å². The van der Waals surface area contributed by atoms with Crippen LogP contribution in [-0.4, -0.2) is 30.6 Å². The number of methoxy groups -OCH3 is 1. The summed E-state index contributed by atoms with van der Waals surface area (Å²) < 4.78 is 4.64. The molecule has 1 aliphatic carbocycles. The van der Waals surface area contributed by atoms with Crippen molar-refractivity contribution in [2.24, 2.45) is 11.8 Å². The molecule has 4 heteroatoms. The Labute approximate surface area is 102 Å². The van der Waals surface area contributed by atoms with Gasteiger partial charge in [-0.15, -0.1) is 0 Å². The molecule has 1 fully saturated rings. The van der Waals surface area contributed by atoms with E-state index in [1.54, 1.807) is 0 Å². The Hall–Kier alpha value is -1.16. The second kappa shape index (κ2) is 7.22. The van der Waals surface area contributed by atoms with E-state index in [-0.39, 0.29) is 30.2 Å². The maximum absolute atomic E-state index is 11.7. The average Bonchev–Trinajstić information content (AvgIpc) is 2.66. The summed E-state index contributed by atoms with van der Waals surface area (Å²) in [6, 6.07) is 0. The van der Waals surface area contributed by atoms with Crippen LogP contribution in [0.3, 0.4) is 0 Å². The first-order chi connectivity index (χ1) is 8.19. The van der Waals surface area contributed by atoms with Crippen LogP contribution < -0.4 is 0 Å². The average molecular weight is 240 g/mol. The molecule has 0 aromatic carbocycles. The van der Waals surface area contributed by atoms with Gasteiger partial charge in [0.1, 0.15) is 5.78 Å². The Morgan fingerprint density at radius 3 is 2.94 bits per heavy atom. The molecule has 0 aliphatic heterocycles. The number of rotatable bonds is 6. The lowest BCUT2D eigenvalue weighted by molar-refractivity contribution is -0.142. The molecule has 0 amide bonds. The monoisotopic (exact) mass is 240 g/mol. The first kappa shape index (κ1) is 13.9. The second-order valence-corrected chi connectivity index (χ2v) is 4.37. The molecule has 0 aromatic rings. The van der Waals surface area contributed by atoms with Crippen molar-refractivity contribution in [2.75, 3.05) is 13.7 Å². The van der Waals surface area contributed by atoms with Crippen LogP contribution >= 0.6 is 0 Å². The number of allylic oxidation sites excluding steroid dienone is 1. The van der Waals surface area contributed by atoms with Crippen LogP contribution in [0.4, 0.5) is 0 Å². The number of aliphatic hydroxyl groups excluding tert-OH is 1. The minimum absolute atomic E-state index is 0.0518. The van der Waals surface area contributed by atoms with E-state index in [2.05, 4.69) is 4.74 Å². The van der Waals surface area contributed by atoms with Gasteiger partial charge in [0.2, 0.25) is 0 Å². The molecule has 1 rings (SSSR count). The molecule has 4 nitrogen and oxygen atoms in total. The van der Waals surface area contributed by atoms with E-state index >= 15 is 0 Å². The van der Waals surface area contributed by atoms with Gasteiger partial charge in [0.15, 0.2) is 0 Å². The fourth-order valence-electron chi connectivity index (χ4n) is 2.28. The van der Waals surface area contributed by atoms with Gasteiger partial charge < -0.3 is 9.84 Å². The number of carbonyl (C=O) groups excluding carboxylic acids is 2. The molecule has 2 atom stereocenters. The molecule has 0 saturated heterocycles. The predicted molar refractivity (Wildman–Crippen MR) is 63.3 cm³/mol. The maximum Gasteiger partial charge on any atom is 0.305 e. The van der Waals surface area contributed by atoms with E-state index in [0.717, 1.165) is 6.42 Å². The van der Waals surface area contributed by atoms with Crippen LogP contribution in [0.5, 0.6) is 0 Å². The van der Waals surface area contributed by atoms with Crippen molar-refractivity contribution >= 4 is 11.8 Å². The van der Waals surface area contributed by atoms with Crippen molar-refractivity contribution in [3.8, 4) is 0 Å². The fraction of sp³-hybridized carbons (Fsp3) is 0.692. The molecular weight excluding hydrogens is 220 g/mol. The smallest absolute Gasteiger partial charge is 0.305 e. The Morgan fingerprint density at radius 2 is 2.29 bits per heavy atom. The SMILES string of the molecule is COC(=O)C[C@@H]1CCC(=O)[C@@H]1C/C=C\CCO. The number of hydrogen-bond donors (Lipinski definition) is 1. The van der Waals surface area contributed by atoms with Gasteiger partial charge in [-0.05, 0) is 25.2 Å². The number of esters is 1. The van der Waals surface area contributed by atoms with E-state index in [9.17, 15) is 9.59 Å². The summed E-state index contributed by atoms with van der Waals surface area (Å²) in [5, 5.41) is 8.63. The second-order valence-electron chi connectivity index (χ2n) is 4.37. The van der Waals surface area contributed by atoms with Crippen LogP contribution in [0.1, 0.15) is 32.1 Å². The Morgan fingerprint density at radius 1 is 1.53 bits per heavy atom. The third-order valence-electron chi connectivity index (χ3n) is 3.25. The van der Waals surface area contributed by atoms with Gasteiger partial charge in [0.25, 0.3) is 0 Å². The lowest BCUT2D eigenvalue weighted by Crippen LogP contribution is -2.18. The lowest BCUT2D eigenvalue weighted by atomic mass is 9.89. The highest BCUT2D eigenvalue weighted by molar-refractivity contribution is 5.84. The third kappa shape index (κ3) is 4.30. The van der Waals surface area contributed by atoms with Crippen LogP contribution in [0, 0.1) is 11.8 Å². The number of ketones is 1. The van der Waals surface area contributed by atoms with Crippen molar-refractivity contribution in [1.29, 1.82) is 0 Å². The van der Waals surface area contributed by atoms with Crippen molar-refractivity contribution in [3.05, 3.63) is 12.2 Å². The quantitative estimate of drug-likeness (QED) is 0.564. The van der Waals surface area contributed by atoms with Crippen molar-refractivity contribution in [3.63, 3.8) is 0 Å². The molecule has 0 heterocycles. The summed E-state index contributed by atoms with van der Waals surface area (Å²) in [6.45, 7) is 0.126. The minimum Gasteiger partial charge on any atom is -0.469 e. The van der Waals surface area contributed by atoms with Gasteiger partial charge in [0.05, 0.1) is 7.11 Å². The van der Waals surface area contributed by atoms with Gasteiger partial charge in [-0.2, -0.15) is 0 Å². The third-order valence-corrected chi connectivity index (χ3v) is 3.25. The summed E-state index contributed by atoms with van der Waals surface area (Å²) in [6.07, 6.45) is 6.77. The molecule has 0 aromatic heterocycles. The van der Waals surface area contributed by atoms with Gasteiger partial charge in [-0.1, -0.05) is 12.2 Å². The molecule has 0 unspecified atom stereocenters. The highest BCUT2D eigenvalue weighted by Crippen LogP contribution is 2.34. The zero-order chi connectivity index (χ0) is 12.7. The first-order valence-corrected chi connectivity index (χ1v) is 6.04. The summed E-state index contributed by atoms with van der Waals surface area (Å²) in [5.74, 6) is 0.0689. The van der Waals surface area contributed by atoms with Gasteiger partial charge in [-0.25, -0.2) is 0 Å². The number of hydrogen-bond acceptors (Lipinski definition) is 4. The minimum atomic E-state index is -0.242. The Kier molecular flexibility index (Phi) is 5.91. The highest BCUT2D eigenvalue weighted by Gasteiger charge is 2.34. The van der Waals surface area contributed by atoms with Crippen LogP contribution in [-0.2, 0) is 14.3 Å². The van der Waals surface area contributed by atoms with Gasteiger partial charge >= 0.3 is 5.97 Å². The van der Waals surface area contributed by atoms with E-state index < -0.39 is 0 Å². The standard InChI is InChI=1S/C13H20O4/c1-17-13(16)9-10-6-7-12(15)11(10)5-3-2-4-8-14/h2-3,10-11,14H,4-9H2,1H3/b3-2-/t10-,11+/m0/s1. The largest absolute Gasteiger partial charge is 0.469 e. The van der Waals surface area contributed by atoms with E-state index in [0.29, 0.717) is 25.7 Å². The summed E-state index contributed by atoms with van der Waals surface area (Å²) >= 11 is 0. The Bertz CT molecular complexity index is 296. The zero-order valence-electron chi connectivity index (χ0n) is 10.2. The van der Waals surface area contributed by atoms with Gasteiger partial charge in [0, 0.05) is 25.4 Å². The van der Waals surface area contributed by atoms with E-state index in [1.165, 1.54) is 7.11 Å². The fourth-order valence-corrected chi connectivity index (χ4v) is 2.28. The van der Waals surface area contributed by atoms with Crippen molar-refractivity contribution < 1.29 is 19.4 Å². The molecule has 1 N–H and O–H groups in total. The molecule has 96 valence electrons. The zero-order valence-corrected chi connectivity index (χ0v) is 10.2. The summed E-state index contributed by atoms with van der Waals surface area (Å²) in [5.41, 5.74) is 0. The maximum atomic E-state index is 11.7. The number of carbonyl (C=O) groups is 2. The van der Waals surface area contributed by atoms with Crippen LogP contribution in [0.25, 0.3) is 0 Å². The van der Waals surface area contributed by atoms with Crippen LogP contribution in [0.15, 0.2) is 12.2 Å². The van der Waals surface area contributed by atoms with Crippen molar-refractivity contribution in [2.45, 2.75) is 32.1 Å². The van der Waals surface area contributed by atoms with E-state index in [1.807, 2.05) is 12.2 Å². The normalized spacial score (nSPS) is 24.5. The predicted octanol–water partition coefficient (Wildman–Crippen LogP) is 1.47. The first-order valence-electron chi connectivity index (χ1n) is 6.04. The number of Topliss-reactive ketones (excluding diaryl/α,β-unsaturated/α-hetero) is 1. The molecule has 1 saturated carbocycles. The van der Waals surface area contributed by atoms with E-state index in [4.69, 9.17) is 5.11 Å². The molecule has 0 spiro atoms. The molecule has 1 aliphatic rings. The molecule has 0 radical (unpaired) electrons. The van der Waals surface area contributed by atoms with Gasteiger partial charge in [-0.3, -0.25) is 9.59 Å². The highest BCUT2D eigenvalue weighted by atomic mass is 16.5. The topological polar surface area (TPSA) is 63.6 Å². The number of ether oxygens (including phenoxy) is 1. The lowest BCUT2D eigenvalue weighted by Gasteiger charge is -2.15. The Balaban J connectivity index is 2.47. The molecule has 0 bridgehead atoms. The van der Waals surface area contributed by atoms with Crippen molar-refractivity contribution in [1.82, 2.24) is 0 Å². The summed E-state index contributed by atoms with van der Waals surface area (Å²) in [7, 11) is 1.37. The summed E-state index contributed by atoms with van der Waals surface area (Å²) in [4.78, 5) is 22.9. The molecular formula is C13H20O4.